The Balaban J connectivity index is 2.62. The molecule has 0 N–H and O–H groups in total. The zero-order chi connectivity index (χ0) is 14.0. The lowest BCUT2D eigenvalue weighted by molar-refractivity contribution is 0.0513. The predicted molar refractivity (Wildman–Crippen MR) is 80.4 cm³/mol. The summed E-state index contributed by atoms with van der Waals surface area (Å²) in [6.07, 6.45) is 0. The third kappa shape index (κ3) is 2.84. The second kappa shape index (κ2) is 5.78. The smallest absolute Gasteiger partial charge is 0.354 e. The first-order valence-electron chi connectivity index (χ1n) is 6.49. The summed E-state index contributed by atoms with van der Waals surface area (Å²) in [4.78, 5) is 12.1. The van der Waals surface area contributed by atoms with Gasteiger partial charge in [-0.15, -0.1) is 0 Å². The van der Waals surface area contributed by atoms with Crippen LogP contribution in [-0.4, -0.2) is 17.1 Å². The maximum Gasteiger partial charge on any atom is 0.354 e. The van der Waals surface area contributed by atoms with E-state index in [1.807, 2.05) is 35.8 Å². The molecule has 2 rings (SSSR count). The van der Waals surface area contributed by atoms with Gasteiger partial charge in [0.05, 0.1) is 12.1 Å². The second-order valence-corrected chi connectivity index (χ2v) is 5.79. The van der Waals surface area contributed by atoms with Gasteiger partial charge in [0, 0.05) is 16.4 Å². The Morgan fingerprint density at radius 3 is 2.79 bits per heavy atom. The lowest BCUT2D eigenvalue weighted by Crippen LogP contribution is -2.14. The van der Waals surface area contributed by atoms with Gasteiger partial charge in [0.1, 0.15) is 5.69 Å². The topological polar surface area (TPSA) is 31.2 Å². The fraction of sp³-hybridized carbons (Fsp3) is 0.400. The van der Waals surface area contributed by atoms with Crippen LogP contribution in [0.25, 0.3) is 10.9 Å². The number of benzene rings is 1. The SMILES string of the molecule is CCOC(=O)c1cc2cccc(Br)c2n1CC(C)C. The van der Waals surface area contributed by atoms with Gasteiger partial charge in [-0.3, -0.25) is 0 Å². The molecule has 0 fully saturated rings. The van der Waals surface area contributed by atoms with Gasteiger partial charge in [-0.25, -0.2) is 4.79 Å². The summed E-state index contributed by atoms with van der Waals surface area (Å²) in [6.45, 7) is 7.28. The molecule has 3 nitrogen and oxygen atoms in total. The van der Waals surface area contributed by atoms with Crippen molar-refractivity contribution in [1.82, 2.24) is 4.57 Å². The molecule has 0 aliphatic heterocycles. The second-order valence-electron chi connectivity index (χ2n) is 4.93. The third-order valence-corrected chi connectivity index (χ3v) is 3.54. The lowest BCUT2D eigenvalue weighted by atomic mass is 10.2. The van der Waals surface area contributed by atoms with Gasteiger partial charge in [0.15, 0.2) is 0 Å². The Bertz CT molecular complexity index is 601. The zero-order valence-corrected chi connectivity index (χ0v) is 13.0. The van der Waals surface area contributed by atoms with Crippen LogP contribution in [0.3, 0.4) is 0 Å². The molecule has 0 saturated carbocycles. The van der Waals surface area contributed by atoms with E-state index < -0.39 is 0 Å². The number of nitrogens with zero attached hydrogens (tertiary/aromatic N) is 1. The molecule has 1 aromatic heterocycles. The van der Waals surface area contributed by atoms with Crippen molar-refractivity contribution in [2.75, 3.05) is 6.61 Å². The molecule has 0 saturated heterocycles. The van der Waals surface area contributed by atoms with Gasteiger partial charge >= 0.3 is 5.97 Å². The van der Waals surface area contributed by atoms with Crippen LogP contribution >= 0.6 is 15.9 Å². The molecule has 1 aromatic carbocycles. The van der Waals surface area contributed by atoms with Crippen LogP contribution in [0.5, 0.6) is 0 Å². The summed E-state index contributed by atoms with van der Waals surface area (Å²) in [5, 5.41) is 1.05. The summed E-state index contributed by atoms with van der Waals surface area (Å²) in [6, 6.07) is 7.88. The first kappa shape index (κ1) is 14.1. The predicted octanol–water partition coefficient (Wildman–Crippen LogP) is 4.24. The molecule has 1 heterocycles. The molecule has 0 spiro atoms. The molecular formula is C15H18BrNO2. The van der Waals surface area contributed by atoms with Crippen molar-refractivity contribution in [3.05, 3.63) is 34.4 Å². The van der Waals surface area contributed by atoms with E-state index >= 15 is 0 Å². The van der Waals surface area contributed by atoms with Gasteiger partial charge < -0.3 is 9.30 Å². The highest BCUT2D eigenvalue weighted by Gasteiger charge is 2.18. The lowest BCUT2D eigenvalue weighted by Gasteiger charge is -2.13. The molecule has 2 aromatic rings. The Hall–Kier alpha value is -1.29. The van der Waals surface area contributed by atoms with Crippen molar-refractivity contribution in [2.45, 2.75) is 27.3 Å². The summed E-state index contributed by atoms with van der Waals surface area (Å²) in [7, 11) is 0. The van der Waals surface area contributed by atoms with E-state index in [1.165, 1.54) is 0 Å². The van der Waals surface area contributed by atoms with Crippen molar-refractivity contribution in [3.8, 4) is 0 Å². The molecule has 102 valence electrons. The number of ether oxygens (including phenoxy) is 1. The molecule has 19 heavy (non-hydrogen) atoms. The number of carbonyl (C=O) groups is 1. The minimum absolute atomic E-state index is 0.258. The zero-order valence-electron chi connectivity index (χ0n) is 11.4. The number of halogens is 1. The van der Waals surface area contributed by atoms with Crippen LogP contribution in [0, 0.1) is 5.92 Å². The van der Waals surface area contributed by atoms with E-state index in [0.29, 0.717) is 18.2 Å². The largest absolute Gasteiger partial charge is 0.461 e. The van der Waals surface area contributed by atoms with Gasteiger partial charge in [-0.2, -0.15) is 0 Å². The quantitative estimate of drug-likeness (QED) is 0.788. The number of esters is 1. The highest BCUT2D eigenvalue weighted by atomic mass is 79.9. The van der Waals surface area contributed by atoms with Crippen LogP contribution in [-0.2, 0) is 11.3 Å². The molecule has 0 amide bonds. The van der Waals surface area contributed by atoms with E-state index in [2.05, 4.69) is 29.8 Å². The standard InChI is InChI=1S/C15H18BrNO2/c1-4-19-15(18)13-8-11-6-5-7-12(16)14(11)17(13)9-10(2)3/h5-8,10H,4,9H2,1-3H3. The number of hydrogen-bond donors (Lipinski definition) is 0. The number of para-hydroxylation sites is 1. The van der Waals surface area contributed by atoms with Crippen molar-refractivity contribution in [3.63, 3.8) is 0 Å². The maximum absolute atomic E-state index is 12.1. The monoisotopic (exact) mass is 323 g/mol. The van der Waals surface area contributed by atoms with Crippen LogP contribution in [0.1, 0.15) is 31.3 Å². The summed E-state index contributed by atoms with van der Waals surface area (Å²) in [5.74, 6) is 0.196. The molecule has 0 bridgehead atoms. The highest BCUT2D eigenvalue weighted by molar-refractivity contribution is 9.10. The fourth-order valence-electron chi connectivity index (χ4n) is 2.21. The van der Waals surface area contributed by atoms with Gasteiger partial charge in [0.25, 0.3) is 0 Å². The summed E-state index contributed by atoms with van der Waals surface area (Å²) < 4.78 is 8.19. The maximum atomic E-state index is 12.1. The number of rotatable bonds is 4. The third-order valence-electron chi connectivity index (χ3n) is 2.90. The van der Waals surface area contributed by atoms with Crippen molar-refractivity contribution >= 4 is 32.8 Å². The fourth-order valence-corrected chi connectivity index (χ4v) is 2.80. The average molecular weight is 324 g/mol. The van der Waals surface area contributed by atoms with E-state index in [-0.39, 0.29) is 5.97 Å². The van der Waals surface area contributed by atoms with E-state index in [0.717, 1.165) is 21.9 Å². The molecule has 0 atom stereocenters. The highest BCUT2D eigenvalue weighted by Crippen LogP contribution is 2.28. The molecule has 0 aliphatic carbocycles. The minimum Gasteiger partial charge on any atom is -0.461 e. The number of hydrogen-bond acceptors (Lipinski definition) is 2. The van der Waals surface area contributed by atoms with Crippen molar-refractivity contribution < 1.29 is 9.53 Å². The first-order valence-corrected chi connectivity index (χ1v) is 7.28. The van der Waals surface area contributed by atoms with Crippen LogP contribution in [0.15, 0.2) is 28.7 Å². The van der Waals surface area contributed by atoms with Gasteiger partial charge in [-0.05, 0) is 40.9 Å². The van der Waals surface area contributed by atoms with Crippen molar-refractivity contribution in [1.29, 1.82) is 0 Å². The molecule has 0 aliphatic rings. The average Bonchev–Trinajstić information content (AvgIpc) is 2.69. The number of aromatic nitrogens is 1. The van der Waals surface area contributed by atoms with E-state index in [4.69, 9.17) is 4.74 Å². The van der Waals surface area contributed by atoms with Gasteiger partial charge in [0.2, 0.25) is 0 Å². The van der Waals surface area contributed by atoms with E-state index in [1.54, 1.807) is 0 Å². The number of fused-ring (bicyclic) bond motifs is 1. The summed E-state index contributed by atoms with van der Waals surface area (Å²) in [5.41, 5.74) is 1.68. The van der Waals surface area contributed by atoms with Crippen molar-refractivity contribution in [2.24, 2.45) is 5.92 Å². The Kier molecular flexibility index (Phi) is 4.30. The van der Waals surface area contributed by atoms with Crippen LogP contribution in [0.2, 0.25) is 0 Å². The molecule has 0 radical (unpaired) electrons. The van der Waals surface area contributed by atoms with E-state index in [9.17, 15) is 4.79 Å². The normalized spacial score (nSPS) is 11.2. The molecular weight excluding hydrogens is 306 g/mol. The Morgan fingerprint density at radius 2 is 2.16 bits per heavy atom. The van der Waals surface area contributed by atoms with Crippen LogP contribution < -0.4 is 0 Å². The molecule has 4 heteroatoms. The Morgan fingerprint density at radius 1 is 1.42 bits per heavy atom. The minimum atomic E-state index is -0.258. The summed E-state index contributed by atoms with van der Waals surface area (Å²) >= 11 is 3.57. The first-order chi connectivity index (χ1) is 9.04. The molecule has 0 unspecified atom stereocenters. The Labute approximate surface area is 121 Å². The van der Waals surface area contributed by atoms with Crippen LogP contribution in [0.4, 0.5) is 0 Å². The van der Waals surface area contributed by atoms with Gasteiger partial charge in [-0.1, -0.05) is 26.0 Å². The number of carbonyl (C=O) groups excluding carboxylic acids is 1.